The Kier molecular flexibility index (Phi) is 2.80. The van der Waals surface area contributed by atoms with E-state index in [1.807, 2.05) is 0 Å². The summed E-state index contributed by atoms with van der Waals surface area (Å²) in [6, 6.07) is 4.26. The van der Waals surface area contributed by atoms with Crippen LogP contribution < -0.4 is 5.73 Å². The number of halogens is 1. The third-order valence-corrected chi connectivity index (χ3v) is 3.35. The molecule has 1 fully saturated rings. The van der Waals surface area contributed by atoms with Gasteiger partial charge in [-0.05, 0) is 49.9 Å². The molecule has 0 unspecified atom stereocenters. The van der Waals surface area contributed by atoms with Gasteiger partial charge in [-0.15, -0.1) is 0 Å². The van der Waals surface area contributed by atoms with Crippen molar-refractivity contribution in [3.8, 4) is 0 Å². The van der Waals surface area contributed by atoms with Crippen LogP contribution in [0.3, 0.4) is 0 Å². The van der Waals surface area contributed by atoms with Gasteiger partial charge in [0, 0.05) is 17.5 Å². The summed E-state index contributed by atoms with van der Waals surface area (Å²) in [6.07, 6.45) is 3.31. The Morgan fingerprint density at radius 2 is 2.19 bits per heavy atom. The zero-order valence-electron chi connectivity index (χ0n) is 9.42. The number of carbonyl (C=O) groups excluding carboxylic acids is 1. The first-order valence-corrected chi connectivity index (χ1v) is 5.58. The molecule has 0 spiro atoms. The van der Waals surface area contributed by atoms with Crippen LogP contribution in [0.25, 0.3) is 0 Å². The summed E-state index contributed by atoms with van der Waals surface area (Å²) in [5.41, 5.74) is 7.00. The minimum absolute atomic E-state index is 0.0275. The summed E-state index contributed by atoms with van der Waals surface area (Å²) >= 11 is 0. The average molecular weight is 221 g/mol. The van der Waals surface area contributed by atoms with Crippen molar-refractivity contribution >= 4 is 5.78 Å². The molecule has 0 atom stereocenters. The van der Waals surface area contributed by atoms with E-state index in [9.17, 15) is 9.18 Å². The van der Waals surface area contributed by atoms with Crippen molar-refractivity contribution in [3.05, 3.63) is 35.1 Å². The summed E-state index contributed by atoms with van der Waals surface area (Å²) in [4.78, 5) is 12.0. The summed E-state index contributed by atoms with van der Waals surface area (Å²) in [5.74, 6) is -0.278. The van der Waals surface area contributed by atoms with Gasteiger partial charge in [0.15, 0.2) is 5.78 Å². The molecule has 2 N–H and O–H groups in total. The molecule has 86 valence electrons. The van der Waals surface area contributed by atoms with Crippen LogP contribution in [-0.2, 0) is 0 Å². The van der Waals surface area contributed by atoms with E-state index in [1.54, 1.807) is 13.0 Å². The molecule has 2 nitrogen and oxygen atoms in total. The molecule has 1 aromatic carbocycles. The van der Waals surface area contributed by atoms with Crippen molar-refractivity contribution in [2.75, 3.05) is 0 Å². The molecule has 0 amide bonds. The smallest absolute Gasteiger partial charge is 0.164 e. The molecule has 3 heteroatoms. The molecule has 0 aromatic heterocycles. The largest absolute Gasteiger partial charge is 0.325 e. The van der Waals surface area contributed by atoms with Gasteiger partial charge in [0.1, 0.15) is 5.82 Å². The van der Waals surface area contributed by atoms with Crippen LogP contribution in [-0.4, -0.2) is 11.3 Å². The number of hydrogen-bond donors (Lipinski definition) is 1. The van der Waals surface area contributed by atoms with E-state index in [1.165, 1.54) is 12.1 Å². The first-order valence-electron chi connectivity index (χ1n) is 5.58. The van der Waals surface area contributed by atoms with Crippen LogP contribution >= 0.6 is 0 Å². The summed E-state index contributed by atoms with van der Waals surface area (Å²) < 4.78 is 12.9. The highest BCUT2D eigenvalue weighted by molar-refractivity contribution is 5.98. The first kappa shape index (κ1) is 11.3. The highest BCUT2D eigenvalue weighted by Crippen LogP contribution is 2.33. The Hall–Kier alpha value is -1.22. The Bertz CT molecular complexity index is 424. The second-order valence-corrected chi connectivity index (χ2v) is 4.78. The lowest BCUT2D eigenvalue weighted by molar-refractivity contribution is 0.0911. The molecular weight excluding hydrogens is 205 g/mol. The fourth-order valence-corrected chi connectivity index (χ4v) is 2.16. The standard InChI is InChI=1S/C13H16FNO/c1-9-7-10(14)3-4-11(9)12(16)8-13(15)5-2-6-13/h3-4,7H,2,5-6,8,15H2,1H3. The number of aryl methyl sites for hydroxylation is 1. The Balaban J connectivity index is 2.14. The van der Waals surface area contributed by atoms with Gasteiger partial charge >= 0.3 is 0 Å². The summed E-state index contributed by atoms with van der Waals surface area (Å²) in [5, 5.41) is 0. The molecule has 2 rings (SSSR count). The predicted octanol–water partition coefficient (Wildman–Crippen LogP) is 2.59. The number of hydrogen-bond acceptors (Lipinski definition) is 2. The maximum absolute atomic E-state index is 12.9. The highest BCUT2D eigenvalue weighted by Gasteiger charge is 2.35. The van der Waals surface area contributed by atoms with Crippen molar-refractivity contribution in [1.29, 1.82) is 0 Å². The third-order valence-electron chi connectivity index (χ3n) is 3.35. The third kappa shape index (κ3) is 2.14. The number of benzene rings is 1. The Labute approximate surface area is 94.6 Å². The summed E-state index contributed by atoms with van der Waals surface area (Å²) in [7, 11) is 0. The van der Waals surface area contributed by atoms with Crippen molar-refractivity contribution in [2.45, 2.75) is 38.1 Å². The van der Waals surface area contributed by atoms with Crippen LogP contribution in [0.5, 0.6) is 0 Å². The topological polar surface area (TPSA) is 43.1 Å². The molecule has 0 saturated heterocycles. The van der Waals surface area contributed by atoms with Gasteiger partial charge in [-0.3, -0.25) is 4.79 Å². The second kappa shape index (κ2) is 3.98. The molecule has 0 radical (unpaired) electrons. The Morgan fingerprint density at radius 3 is 2.69 bits per heavy atom. The molecular formula is C13H16FNO. The molecule has 1 aliphatic rings. The lowest BCUT2D eigenvalue weighted by atomic mass is 9.73. The number of carbonyl (C=O) groups is 1. The maximum atomic E-state index is 12.9. The SMILES string of the molecule is Cc1cc(F)ccc1C(=O)CC1(N)CCC1. The molecule has 1 aromatic rings. The van der Waals surface area contributed by atoms with Crippen LogP contribution in [0.4, 0.5) is 4.39 Å². The fourth-order valence-electron chi connectivity index (χ4n) is 2.16. The number of ketones is 1. The van der Waals surface area contributed by atoms with Crippen molar-refractivity contribution < 1.29 is 9.18 Å². The molecule has 1 aliphatic carbocycles. The number of nitrogens with two attached hydrogens (primary N) is 1. The van der Waals surface area contributed by atoms with E-state index < -0.39 is 0 Å². The number of rotatable bonds is 3. The highest BCUT2D eigenvalue weighted by atomic mass is 19.1. The van der Waals surface area contributed by atoms with Crippen molar-refractivity contribution in [2.24, 2.45) is 5.73 Å². The van der Waals surface area contributed by atoms with E-state index >= 15 is 0 Å². The Morgan fingerprint density at radius 1 is 1.50 bits per heavy atom. The van der Waals surface area contributed by atoms with E-state index in [2.05, 4.69) is 0 Å². The van der Waals surface area contributed by atoms with Gasteiger partial charge in [-0.25, -0.2) is 4.39 Å². The van der Waals surface area contributed by atoms with E-state index in [0.717, 1.165) is 19.3 Å². The monoisotopic (exact) mass is 221 g/mol. The minimum atomic E-state index is -0.308. The molecule has 0 aliphatic heterocycles. The van der Waals surface area contributed by atoms with Crippen molar-refractivity contribution in [1.82, 2.24) is 0 Å². The maximum Gasteiger partial charge on any atom is 0.164 e. The van der Waals surface area contributed by atoms with Crippen LogP contribution in [0.2, 0.25) is 0 Å². The van der Waals surface area contributed by atoms with E-state index in [-0.39, 0.29) is 17.1 Å². The van der Waals surface area contributed by atoms with Crippen LogP contribution in [0.1, 0.15) is 41.6 Å². The average Bonchev–Trinajstić information content (AvgIpc) is 2.14. The quantitative estimate of drug-likeness (QED) is 0.797. The van der Waals surface area contributed by atoms with Gasteiger partial charge in [-0.1, -0.05) is 0 Å². The van der Waals surface area contributed by atoms with Crippen molar-refractivity contribution in [3.63, 3.8) is 0 Å². The molecule has 16 heavy (non-hydrogen) atoms. The second-order valence-electron chi connectivity index (χ2n) is 4.78. The van der Waals surface area contributed by atoms with Gasteiger partial charge in [0.05, 0.1) is 0 Å². The summed E-state index contributed by atoms with van der Waals surface area (Å²) in [6.45, 7) is 1.75. The fraction of sp³-hybridized carbons (Fsp3) is 0.462. The van der Waals surface area contributed by atoms with Gasteiger partial charge in [0.25, 0.3) is 0 Å². The normalized spacial score (nSPS) is 17.9. The van der Waals surface area contributed by atoms with Crippen LogP contribution in [0, 0.1) is 12.7 Å². The molecule has 0 heterocycles. The van der Waals surface area contributed by atoms with Gasteiger partial charge in [-0.2, -0.15) is 0 Å². The minimum Gasteiger partial charge on any atom is -0.325 e. The molecule has 1 saturated carbocycles. The lowest BCUT2D eigenvalue weighted by Crippen LogP contribution is -2.48. The first-order chi connectivity index (χ1) is 7.50. The molecule has 0 bridgehead atoms. The predicted molar refractivity (Wildman–Crippen MR) is 60.9 cm³/mol. The van der Waals surface area contributed by atoms with Crippen LogP contribution in [0.15, 0.2) is 18.2 Å². The number of Topliss-reactive ketones (excluding diaryl/α,β-unsaturated/α-hetero) is 1. The zero-order chi connectivity index (χ0) is 11.8. The van der Waals surface area contributed by atoms with Gasteiger partial charge < -0.3 is 5.73 Å². The zero-order valence-corrected chi connectivity index (χ0v) is 9.42. The van der Waals surface area contributed by atoms with E-state index in [4.69, 9.17) is 5.73 Å². The lowest BCUT2D eigenvalue weighted by Gasteiger charge is -2.37. The van der Waals surface area contributed by atoms with E-state index in [0.29, 0.717) is 17.5 Å². The van der Waals surface area contributed by atoms with Gasteiger partial charge in [0.2, 0.25) is 0 Å².